The number of hydrogen-bond acceptors (Lipinski definition) is 5. The largest absolute Gasteiger partial charge is 0.378 e. The Labute approximate surface area is 180 Å². The molecule has 4 bridgehead atoms. The summed E-state index contributed by atoms with van der Waals surface area (Å²) in [7, 11) is 0. The molecule has 0 unspecified atom stereocenters. The minimum atomic E-state index is -0.200. The minimum Gasteiger partial charge on any atom is -0.378 e. The summed E-state index contributed by atoms with van der Waals surface area (Å²) in [6.07, 6.45) is 7.95. The molecule has 4 saturated carbocycles. The molecule has 4 aliphatic rings. The molecule has 4 fully saturated rings. The number of nitrogens with zero attached hydrogens (tertiary/aromatic N) is 4. The molecule has 6 heteroatoms. The molecule has 0 radical (unpaired) electrons. The van der Waals surface area contributed by atoms with Gasteiger partial charge in [-0.05, 0) is 75.3 Å². The third-order valence-electron chi connectivity index (χ3n) is 7.58. The summed E-state index contributed by atoms with van der Waals surface area (Å²) in [5.41, 5.74) is 4.34. The SMILES string of the molecule is Cc1nn2c(=O)cc(-c3ccc(C#N)cc3)nc2cc1NC12CC3CC(CC(C3)C1)C2. The van der Waals surface area contributed by atoms with Gasteiger partial charge in [-0.2, -0.15) is 14.9 Å². The molecule has 7 rings (SSSR count). The van der Waals surface area contributed by atoms with Gasteiger partial charge in [0.15, 0.2) is 5.65 Å². The summed E-state index contributed by atoms with van der Waals surface area (Å²) in [6, 6.07) is 12.7. The number of aromatic nitrogens is 3. The maximum Gasteiger partial charge on any atom is 0.275 e. The van der Waals surface area contributed by atoms with Crippen molar-refractivity contribution < 1.29 is 0 Å². The van der Waals surface area contributed by atoms with Crippen LogP contribution < -0.4 is 10.9 Å². The lowest BCUT2D eigenvalue weighted by Crippen LogP contribution is -2.54. The molecule has 0 aliphatic heterocycles. The number of nitrogens with one attached hydrogen (secondary N) is 1. The highest BCUT2D eigenvalue weighted by Crippen LogP contribution is 2.56. The summed E-state index contributed by atoms with van der Waals surface area (Å²) in [6.45, 7) is 1.96. The van der Waals surface area contributed by atoms with E-state index in [-0.39, 0.29) is 11.1 Å². The van der Waals surface area contributed by atoms with Crippen molar-refractivity contribution in [2.45, 2.75) is 51.0 Å². The molecule has 1 aromatic carbocycles. The van der Waals surface area contributed by atoms with Crippen molar-refractivity contribution in [1.29, 1.82) is 5.26 Å². The maximum absolute atomic E-state index is 12.8. The zero-order chi connectivity index (χ0) is 21.2. The Morgan fingerprint density at radius 3 is 2.32 bits per heavy atom. The number of benzene rings is 1. The van der Waals surface area contributed by atoms with Crippen LogP contribution in [-0.4, -0.2) is 20.1 Å². The van der Waals surface area contributed by atoms with Gasteiger partial charge in [-0.1, -0.05) is 12.1 Å². The van der Waals surface area contributed by atoms with Gasteiger partial charge in [-0.15, -0.1) is 0 Å². The van der Waals surface area contributed by atoms with E-state index in [0.29, 0.717) is 16.9 Å². The predicted molar refractivity (Wildman–Crippen MR) is 119 cm³/mol. The third-order valence-corrected chi connectivity index (χ3v) is 7.58. The predicted octanol–water partition coefficient (Wildman–Crippen LogP) is 4.32. The first-order valence-electron chi connectivity index (χ1n) is 11.2. The Morgan fingerprint density at radius 1 is 1.06 bits per heavy atom. The van der Waals surface area contributed by atoms with Gasteiger partial charge in [-0.25, -0.2) is 4.98 Å². The molecular formula is C25H25N5O. The second-order valence-corrected chi connectivity index (χ2v) is 9.91. The van der Waals surface area contributed by atoms with Crippen LogP contribution in [0.1, 0.15) is 49.8 Å². The van der Waals surface area contributed by atoms with Crippen molar-refractivity contribution in [3.63, 3.8) is 0 Å². The number of nitriles is 1. The first-order valence-corrected chi connectivity index (χ1v) is 11.2. The quantitative estimate of drug-likeness (QED) is 0.694. The molecule has 4 aliphatic carbocycles. The third kappa shape index (κ3) is 3.11. The number of rotatable bonds is 3. The zero-order valence-electron chi connectivity index (χ0n) is 17.6. The summed E-state index contributed by atoms with van der Waals surface area (Å²) >= 11 is 0. The normalized spacial score (nSPS) is 28.6. The Hall–Kier alpha value is -3.20. The maximum atomic E-state index is 12.8. The zero-order valence-corrected chi connectivity index (χ0v) is 17.6. The summed E-state index contributed by atoms with van der Waals surface area (Å²) in [5.74, 6) is 2.57. The Kier molecular flexibility index (Phi) is 3.98. The van der Waals surface area contributed by atoms with Crippen molar-refractivity contribution in [2.75, 3.05) is 5.32 Å². The van der Waals surface area contributed by atoms with Crippen molar-refractivity contribution in [2.24, 2.45) is 17.8 Å². The van der Waals surface area contributed by atoms with Crippen LogP contribution in [0.3, 0.4) is 0 Å². The van der Waals surface area contributed by atoms with E-state index >= 15 is 0 Å². The molecule has 2 aromatic heterocycles. The van der Waals surface area contributed by atoms with Gasteiger partial charge >= 0.3 is 0 Å². The molecule has 156 valence electrons. The molecule has 2 heterocycles. The molecule has 3 aromatic rings. The van der Waals surface area contributed by atoms with Gasteiger partial charge in [0.05, 0.1) is 28.7 Å². The minimum absolute atomic E-state index is 0.171. The lowest BCUT2D eigenvalue weighted by atomic mass is 9.53. The first kappa shape index (κ1) is 18.6. The van der Waals surface area contributed by atoms with Crippen LogP contribution in [0.15, 0.2) is 41.2 Å². The fourth-order valence-electron chi connectivity index (χ4n) is 6.66. The monoisotopic (exact) mass is 411 g/mol. The summed E-state index contributed by atoms with van der Waals surface area (Å²) in [5, 5.41) is 17.5. The standard InChI is InChI=1S/C25H25N5O/c1-15-21(28-25-11-17-6-18(12-25)8-19(7-17)13-25)9-23-27-22(10-24(31)30(23)29-15)20-4-2-16(14-26)3-5-20/h2-5,9-10,17-19,28H,6-8,11-13H2,1H3. The molecule has 6 nitrogen and oxygen atoms in total. The van der Waals surface area contributed by atoms with E-state index in [4.69, 9.17) is 10.2 Å². The number of hydrogen-bond donors (Lipinski definition) is 1. The van der Waals surface area contributed by atoms with E-state index in [1.807, 2.05) is 25.1 Å². The topological polar surface area (TPSA) is 83.1 Å². The van der Waals surface area contributed by atoms with E-state index in [9.17, 15) is 4.79 Å². The van der Waals surface area contributed by atoms with Gasteiger partial charge in [0, 0.05) is 23.2 Å². The van der Waals surface area contributed by atoms with Gasteiger partial charge < -0.3 is 5.32 Å². The molecule has 0 spiro atoms. The van der Waals surface area contributed by atoms with Crippen LogP contribution in [0.5, 0.6) is 0 Å². The van der Waals surface area contributed by atoms with Gasteiger partial charge in [0.2, 0.25) is 0 Å². The van der Waals surface area contributed by atoms with E-state index in [1.54, 1.807) is 12.1 Å². The highest BCUT2D eigenvalue weighted by molar-refractivity contribution is 5.65. The van der Waals surface area contributed by atoms with Crippen LogP contribution in [0.4, 0.5) is 5.69 Å². The summed E-state index contributed by atoms with van der Waals surface area (Å²) in [4.78, 5) is 17.5. The lowest BCUT2D eigenvalue weighted by molar-refractivity contribution is 0.0107. The molecule has 0 atom stereocenters. The smallest absolute Gasteiger partial charge is 0.275 e. The molecule has 0 saturated heterocycles. The Bertz CT molecular complexity index is 1250. The second kappa shape index (κ2) is 6.65. The van der Waals surface area contributed by atoms with E-state index in [2.05, 4.69) is 16.5 Å². The van der Waals surface area contributed by atoms with Crippen LogP contribution in [0.2, 0.25) is 0 Å². The van der Waals surface area contributed by atoms with E-state index in [1.165, 1.54) is 49.1 Å². The van der Waals surface area contributed by atoms with Crippen LogP contribution in [0, 0.1) is 36.0 Å². The van der Waals surface area contributed by atoms with E-state index in [0.717, 1.165) is 34.7 Å². The van der Waals surface area contributed by atoms with Crippen molar-refractivity contribution in [3.8, 4) is 17.3 Å². The first-order chi connectivity index (χ1) is 15.0. The van der Waals surface area contributed by atoms with Crippen molar-refractivity contribution in [3.05, 3.63) is 58.0 Å². The van der Waals surface area contributed by atoms with Crippen LogP contribution in [-0.2, 0) is 0 Å². The molecule has 1 N–H and O–H groups in total. The van der Waals surface area contributed by atoms with Crippen LogP contribution >= 0.6 is 0 Å². The lowest BCUT2D eigenvalue weighted by Gasteiger charge is -2.57. The summed E-state index contributed by atoms with van der Waals surface area (Å²) < 4.78 is 1.38. The average Bonchev–Trinajstić information content (AvgIpc) is 2.74. The number of anilines is 1. The molecule has 0 amide bonds. The van der Waals surface area contributed by atoms with Gasteiger partial charge in [0.25, 0.3) is 5.56 Å². The van der Waals surface area contributed by atoms with Crippen molar-refractivity contribution in [1.82, 2.24) is 14.6 Å². The number of fused-ring (bicyclic) bond motifs is 1. The molecular weight excluding hydrogens is 386 g/mol. The fraction of sp³-hybridized carbons (Fsp3) is 0.440. The Morgan fingerprint density at radius 2 is 1.71 bits per heavy atom. The van der Waals surface area contributed by atoms with E-state index < -0.39 is 0 Å². The van der Waals surface area contributed by atoms with Gasteiger partial charge in [0.1, 0.15) is 0 Å². The molecule has 31 heavy (non-hydrogen) atoms. The van der Waals surface area contributed by atoms with Gasteiger partial charge in [-0.3, -0.25) is 4.79 Å². The average molecular weight is 412 g/mol. The highest BCUT2D eigenvalue weighted by Gasteiger charge is 2.51. The van der Waals surface area contributed by atoms with Crippen molar-refractivity contribution >= 4 is 11.3 Å². The fourth-order valence-corrected chi connectivity index (χ4v) is 6.66. The second-order valence-electron chi connectivity index (χ2n) is 9.91. The Balaban J connectivity index is 1.39. The number of aryl methyl sites for hydroxylation is 1. The highest BCUT2D eigenvalue weighted by atomic mass is 16.1. The van der Waals surface area contributed by atoms with Crippen LogP contribution in [0.25, 0.3) is 16.9 Å².